The predicted molar refractivity (Wildman–Crippen MR) is 108 cm³/mol. The molecule has 0 aliphatic rings. The molecule has 0 radical (unpaired) electrons. The molecule has 4 nitrogen and oxygen atoms in total. The maximum absolute atomic E-state index is 12.0. The second-order valence-electron chi connectivity index (χ2n) is 6.91. The summed E-state index contributed by atoms with van der Waals surface area (Å²) < 4.78 is 5.02. The van der Waals surface area contributed by atoms with Gasteiger partial charge >= 0.3 is 0 Å². The van der Waals surface area contributed by atoms with Crippen molar-refractivity contribution in [1.82, 2.24) is 5.32 Å². The molecule has 0 unspecified atom stereocenters. The van der Waals surface area contributed by atoms with E-state index in [1.807, 2.05) is 13.0 Å². The number of phenols is 1. The number of rotatable bonds is 13. The van der Waals surface area contributed by atoms with E-state index in [1.54, 1.807) is 18.2 Å². The van der Waals surface area contributed by atoms with Gasteiger partial charge in [-0.1, -0.05) is 57.1 Å². The molecule has 4 heteroatoms. The lowest BCUT2D eigenvalue weighted by molar-refractivity contribution is -0.116. The average molecular weight is 362 g/mol. The molecule has 1 rings (SSSR count). The Bertz CT molecular complexity index is 567. The van der Waals surface area contributed by atoms with Crippen LogP contribution < -0.4 is 10.1 Å². The fraction of sp³-hybridized carbons (Fsp3) is 0.591. The fourth-order valence-electron chi connectivity index (χ4n) is 2.93. The van der Waals surface area contributed by atoms with Crippen molar-refractivity contribution in [2.24, 2.45) is 0 Å². The minimum absolute atomic E-state index is 0.0387. The van der Waals surface area contributed by atoms with Crippen molar-refractivity contribution in [1.29, 1.82) is 0 Å². The Hall–Kier alpha value is -1.97. The number of nitrogens with one attached hydrogen (secondary N) is 1. The van der Waals surface area contributed by atoms with Gasteiger partial charge in [0.1, 0.15) is 0 Å². The van der Waals surface area contributed by atoms with Crippen LogP contribution in [0.4, 0.5) is 0 Å². The molecule has 0 saturated carbocycles. The van der Waals surface area contributed by atoms with E-state index in [-0.39, 0.29) is 11.7 Å². The highest BCUT2D eigenvalue weighted by molar-refractivity contribution is 5.88. The minimum Gasteiger partial charge on any atom is -0.504 e. The second kappa shape index (κ2) is 13.3. The Morgan fingerprint density at radius 3 is 2.50 bits per heavy atom. The van der Waals surface area contributed by atoms with Gasteiger partial charge in [-0.25, -0.2) is 0 Å². The topological polar surface area (TPSA) is 58.6 Å². The molecule has 0 atom stereocenters. The first-order chi connectivity index (χ1) is 12.6. The monoisotopic (exact) mass is 361 g/mol. The molecule has 0 saturated heterocycles. The number of unbranched alkanes of at least 4 members (excludes halogenated alkanes) is 6. The third-order valence-corrected chi connectivity index (χ3v) is 4.51. The summed E-state index contributed by atoms with van der Waals surface area (Å²) in [6.07, 6.45) is 12.4. The summed E-state index contributed by atoms with van der Waals surface area (Å²) >= 11 is 0. The molecule has 0 spiro atoms. The van der Waals surface area contributed by atoms with Crippen LogP contribution in [0, 0.1) is 0 Å². The van der Waals surface area contributed by atoms with Crippen LogP contribution in [0.3, 0.4) is 0 Å². The van der Waals surface area contributed by atoms with E-state index in [0.29, 0.717) is 18.7 Å². The number of allylic oxidation sites excluding steroid dienone is 1. The molecular weight excluding hydrogens is 326 g/mol. The Labute approximate surface area is 158 Å². The zero-order chi connectivity index (χ0) is 19.2. The lowest BCUT2D eigenvalue weighted by Crippen LogP contribution is -2.23. The molecule has 0 aliphatic carbocycles. The molecule has 146 valence electrons. The number of aromatic hydroxyl groups is 1. The lowest BCUT2D eigenvalue weighted by Gasteiger charge is -2.07. The number of hydrogen-bond donors (Lipinski definition) is 2. The number of amides is 1. The number of carbonyl (C=O) groups is 1. The first-order valence-electron chi connectivity index (χ1n) is 9.87. The van der Waals surface area contributed by atoms with Crippen molar-refractivity contribution in [2.75, 3.05) is 13.7 Å². The van der Waals surface area contributed by atoms with Gasteiger partial charge in [0.25, 0.3) is 0 Å². The highest BCUT2D eigenvalue weighted by atomic mass is 16.5. The number of ether oxygens (including phenoxy) is 1. The first kappa shape index (κ1) is 22.1. The van der Waals surface area contributed by atoms with Crippen LogP contribution in [-0.4, -0.2) is 24.7 Å². The average Bonchev–Trinajstić information content (AvgIpc) is 2.61. The zero-order valence-corrected chi connectivity index (χ0v) is 16.6. The van der Waals surface area contributed by atoms with Crippen LogP contribution in [0.2, 0.25) is 0 Å². The summed E-state index contributed by atoms with van der Waals surface area (Å²) in [5.74, 6) is 0.548. The molecule has 0 heterocycles. The van der Waals surface area contributed by atoms with Gasteiger partial charge < -0.3 is 15.2 Å². The minimum atomic E-state index is -0.0387. The van der Waals surface area contributed by atoms with E-state index < -0.39 is 0 Å². The van der Waals surface area contributed by atoms with Crippen molar-refractivity contribution in [3.63, 3.8) is 0 Å². The molecule has 0 bridgehead atoms. The van der Waals surface area contributed by atoms with Crippen molar-refractivity contribution in [3.8, 4) is 11.5 Å². The molecule has 1 aromatic carbocycles. The Morgan fingerprint density at radius 1 is 1.15 bits per heavy atom. The summed E-state index contributed by atoms with van der Waals surface area (Å²) in [6.45, 7) is 4.81. The van der Waals surface area contributed by atoms with Gasteiger partial charge in [0.15, 0.2) is 11.5 Å². The zero-order valence-electron chi connectivity index (χ0n) is 16.6. The standard InChI is InChI=1S/C22H35NO3/c1-4-5-6-7-8-9-10-11-18(2)16-22(25)23-15-14-19-12-13-21(26-3)20(24)17-19/h12-13,16-17,24H,4-11,14-15H2,1-3H3,(H,23,25)/b18-16-. The summed E-state index contributed by atoms with van der Waals surface area (Å²) in [6, 6.07) is 5.30. The molecule has 2 N–H and O–H groups in total. The van der Waals surface area contributed by atoms with Crippen molar-refractivity contribution < 1.29 is 14.6 Å². The number of phenolic OH excluding ortho intramolecular Hbond substituents is 1. The van der Waals surface area contributed by atoms with Crippen LogP contribution in [0.5, 0.6) is 11.5 Å². The molecular formula is C22H35NO3. The van der Waals surface area contributed by atoms with Crippen LogP contribution in [0.1, 0.15) is 70.8 Å². The van der Waals surface area contributed by atoms with E-state index in [2.05, 4.69) is 12.2 Å². The van der Waals surface area contributed by atoms with Crippen LogP contribution in [0.25, 0.3) is 0 Å². The first-order valence-corrected chi connectivity index (χ1v) is 9.87. The quantitative estimate of drug-likeness (QED) is 0.377. The van der Waals surface area contributed by atoms with Crippen LogP contribution in [-0.2, 0) is 11.2 Å². The number of benzene rings is 1. The van der Waals surface area contributed by atoms with Crippen molar-refractivity contribution >= 4 is 5.91 Å². The summed E-state index contributed by atoms with van der Waals surface area (Å²) in [4.78, 5) is 12.0. The van der Waals surface area contributed by atoms with E-state index >= 15 is 0 Å². The molecule has 0 fully saturated rings. The van der Waals surface area contributed by atoms with Crippen LogP contribution >= 0.6 is 0 Å². The van der Waals surface area contributed by atoms with Gasteiger partial charge in [-0.15, -0.1) is 0 Å². The molecule has 26 heavy (non-hydrogen) atoms. The van der Waals surface area contributed by atoms with Gasteiger partial charge in [0.05, 0.1) is 7.11 Å². The highest BCUT2D eigenvalue weighted by Crippen LogP contribution is 2.26. The smallest absolute Gasteiger partial charge is 0.243 e. The van der Waals surface area contributed by atoms with Gasteiger partial charge in [-0.3, -0.25) is 4.79 Å². The SMILES string of the molecule is CCCCCCCCC/C(C)=C\C(=O)NCCc1ccc(OC)c(O)c1. The Morgan fingerprint density at radius 2 is 1.85 bits per heavy atom. The Kier molecular flexibility index (Phi) is 11.3. The van der Waals surface area contributed by atoms with E-state index in [4.69, 9.17) is 4.74 Å². The fourth-order valence-corrected chi connectivity index (χ4v) is 2.93. The van der Waals surface area contributed by atoms with E-state index in [9.17, 15) is 9.90 Å². The van der Waals surface area contributed by atoms with E-state index in [1.165, 1.54) is 45.6 Å². The number of hydrogen-bond acceptors (Lipinski definition) is 3. The summed E-state index contributed by atoms with van der Waals surface area (Å²) in [5.41, 5.74) is 2.10. The van der Waals surface area contributed by atoms with Gasteiger partial charge in [0, 0.05) is 12.6 Å². The van der Waals surface area contributed by atoms with Crippen LogP contribution in [0.15, 0.2) is 29.8 Å². The maximum Gasteiger partial charge on any atom is 0.243 e. The molecule has 0 aliphatic heterocycles. The molecule has 0 aromatic heterocycles. The summed E-state index contributed by atoms with van der Waals surface area (Å²) in [5, 5.41) is 12.7. The van der Waals surface area contributed by atoms with Crippen molar-refractivity contribution in [2.45, 2.75) is 71.6 Å². The second-order valence-corrected chi connectivity index (χ2v) is 6.91. The molecule has 1 amide bonds. The van der Waals surface area contributed by atoms with Gasteiger partial charge in [-0.05, 0) is 43.9 Å². The summed E-state index contributed by atoms with van der Waals surface area (Å²) in [7, 11) is 1.52. The third-order valence-electron chi connectivity index (χ3n) is 4.51. The number of methoxy groups -OCH3 is 1. The number of carbonyl (C=O) groups excluding carboxylic acids is 1. The maximum atomic E-state index is 12.0. The van der Waals surface area contributed by atoms with E-state index in [0.717, 1.165) is 24.0 Å². The highest BCUT2D eigenvalue weighted by Gasteiger charge is 2.03. The van der Waals surface area contributed by atoms with Crippen molar-refractivity contribution in [3.05, 3.63) is 35.4 Å². The molecule has 1 aromatic rings. The van der Waals surface area contributed by atoms with Gasteiger partial charge in [0.2, 0.25) is 5.91 Å². The third kappa shape index (κ3) is 9.50. The predicted octanol–water partition coefficient (Wildman–Crippen LogP) is 5.15. The Balaban J connectivity index is 2.19. The van der Waals surface area contributed by atoms with Gasteiger partial charge in [-0.2, -0.15) is 0 Å². The normalized spacial score (nSPS) is 11.4. The lowest BCUT2D eigenvalue weighted by atomic mass is 10.1. The largest absolute Gasteiger partial charge is 0.504 e.